The normalized spacial score (nSPS) is 12.2. The van der Waals surface area contributed by atoms with Crippen molar-refractivity contribution in [1.29, 1.82) is 0 Å². The number of carboxylic acids is 1. The number of halogens is 1. The van der Waals surface area contributed by atoms with E-state index in [4.69, 9.17) is 9.84 Å². The maximum absolute atomic E-state index is 13.4. The molecule has 1 aromatic rings. The molecule has 4 nitrogen and oxygen atoms in total. The van der Waals surface area contributed by atoms with Gasteiger partial charge in [0.15, 0.2) is 11.6 Å². The minimum absolute atomic E-state index is 0.0446. The average Bonchev–Trinajstić information content (AvgIpc) is 2.28. The number of benzene rings is 1. The van der Waals surface area contributed by atoms with Gasteiger partial charge in [-0.2, -0.15) is 0 Å². The Hall–Kier alpha value is -1.62. The molecule has 1 aromatic carbocycles. The molecule has 0 fully saturated rings. The van der Waals surface area contributed by atoms with Crippen molar-refractivity contribution in [3.63, 3.8) is 0 Å². The number of methoxy groups -OCH3 is 1. The highest BCUT2D eigenvalue weighted by Gasteiger charge is 2.09. The fraction of sp³-hybridized carbons (Fsp3) is 0.417. The van der Waals surface area contributed by atoms with Crippen LogP contribution in [0, 0.1) is 5.82 Å². The molecule has 5 heteroatoms. The summed E-state index contributed by atoms with van der Waals surface area (Å²) in [5.74, 6) is -1.08. The highest BCUT2D eigenvalue weighted by atomic mass is 19.1. The summed E-state index contributed by atoms with van der Waals surface area (Å²) in [6.45, 7) is 2.20. The first-order valence-corrected chi connectivity index (χ1v) is 5.33. The molecule has 0 aliphatic carbocycles. The lowest BCUT2D eigenvalue weighted by Gasteiger charge is -2.14. The van der Waals surface area contributed by atoms with E-state index in [0.29, 0.717) is 6.54 Å². The van der Waals surface area contributed by atoms with E-state index in [-0.39, 0.29) is 18.2 Å². The zero-order chi connectivity index (χ0) is 12.8. The largest absolute Gasteiger partial charge is 0.494 e. The Kier molecular flexibility index (Phi) is 4.90. The van der Waals surface area contributed by atoms with Crippen molar-refractivity contribution in [3.05, 3.63) is 29.6 Å². The van der Waals surface area contributed by atoms with Crippen LogP contribution in [0.4, 0.5) is 4.39 Å². The zero-order valence-corrected chi connectivity index (χ0v) is 9.87. The minimum Gasteiger partial charge on any atom is -0.494 e. The predicted octanol–water partition coefficient (Wildman–Crippen LogP) is 1.96. The first kappa shape index (κ1) is 13.4. The third kappa shape index (κ3) is 4.03. The molecule has 1 atom stereocenters. The Morgan fingerprint density at radius 3 is 2.82 bits per heavy atom. The topological polar surface area (TPSA) is 58.6 Å². The summed E-state index contributed by atoms with van der Waals surface area (Å²) in [5, 5.41) is 11.5. The summed E-state index contributed by atoms with van der Waals surface area (Å²) in [6, 6.07) is 4.59. The van der Waals surface area contributed by atoms with Crippen molar-refractivity contribution in [3.8, 4) is 5.75 Å². The third-order valence-corrected chi connectivity index (χ3v) is 2.47. The van der Waals surface area contributed by atoms with Crippen LogP contribution in [0.1, 0.15) is 24.9 Å². The Morgan fingerprint density at radius 2 is 2.29 bits per heavy atom. The molecule has 17 heavy (non-hydrogen) atoms. The van der Waals surface area contributed by atoms with E-state index in [1.807, 2.05) is 6.92 Å². The number of aliphatic carboxylic acids is 1. The van der Waals surface area contributed by atoms with Gasteiger partial charge in [0.2, 0.25) is 0 Å². The van der Waals surface area contributed by atoms with E-state index in [2.05, 4.69) is 5.32 Å². The molecule has 0 amide bonds. The standard InChI is InChI=1S/C12H16FNO3/c1-8(14-6-5-12(15)16)9-3-4-11(17-2)10(13)7-9/h3-4,7-8,14H,5-6H2,1-2H3,(H,15,16). The van der Waals surface area contributed by atoms with Crippen molar-refractivity contribution in [1.82, 2.24) is 5.32 Å². The fourth-order valence-electron chi connectivity index (χ4n) is 1.47. The van der Waals surface area contributed by atoms with Gasteiger partial charge in [-0.15, -0.1) is 0 Å². The summed E-state index contributed by atoms with van der Waals surface area (Å²) in [4.78, 5) is 10.3. The molecular formula is C12H16FNO3. The Labute approximate surface area is 99.4 Å². The van der Waals surface area contributed by atoms with Crippen LogP contribution in [-0.4, -0.2) is 24.7 Å². The van der Waals surface area contributed by atoms with Gasteiger partial charge in [0.05, 0.1) is 13.5 Å². The van der Waals surface area contributed by atoms with Gasteiger partial charge >= 0.3 is 5.97 Å². The SMILES string of the molecule is COc1ccc(C(C)NCCC(=O)O)cc1F. The third-order valence-electron chi connectivity index (χ3n) is 2.47. The molecular weight excluding hydrogens is 225 g/mol. The summed E-state index contributed by atoms with van der Waals surface area (Å²) >= 11 is 0. The molecule has 0 aromatic heterocycles. The van der Waals surface area contributed by atoms with E-state index < -0.39 is 11.8 Å². The van der Waals surface area contributed by atoms with Crippen molar-refractivity contribution < 1.29 is 19.0 Å². The average molecular weight is 241 g/mol. The van der Waals surface area contributed by atoms with Crippen LogP contribution in [0.5, 0.6) is 5.75 Å². The van der Waals surface area contributed by atoms with Gasteiger partial charge < -0.3 is 15.2 Å². The van der Waals surface area contributed by atoms with Crippen molar-refractivity contribution in [2.24, 2.45) is 0 Å². The van der Waals surface area contributed by atoms with E-state index in [0.717, 1.165) is 5.56 Å². The van der Waals surface area contributed by atoms with Gasteiger partial charge in [-0.1, -0.05) is 6.07 Å². The van der Waals surface area contributed by atoms with Crippen LogP contribution in [-0.2, 0) is 4.79 Å². The van der Waals surface area contributed by atoms with E-state index >= 15 is 0 Å². The number of carboxylic acid groups (broad SMARTS) is 1. The lowest BCUT2D eigenvalue weighted by molar-refractivity contribution is -0.136. The first-order valence-electron chi connectivity index (χ1n) is 5.33. The smallest absolute Gasteiger partial charge is 0.304 e. The fourth-order valence-corrected chi connectivity index (χ4v) is 1.47. The van der Waals surface area contributed by atoms with Gasteiger partial charge in [-0.25, -0.2) is 4.39 Å². The van der Waals surface area contributed by atoms with Crippen molar-refractivity contribution >= 4 is 5.97 Å². The number of nitrogens with one attached hydrogen (secondary N) is 1. The summed E-state index contributed by atoms with van der Waals surface area (Å²) in [7, 11) is 1.41. The quantitative estimate of drug-likeness (QED) is 0.799. The number of carbonyl (C=O) groups is 1. The summed E-state index contributed by atoms with van der Waals surface area (Å²) < 4.78 is 18.2. The van der Waals surface area contributed by atoms with Crippen LogP contribution in [0.25, 0.3) is 0 Å². The predicted molar refractivity (Wildman–Crippen MR) is 61.6 cm³/mol. The molecule has 0 saturated heterocycles. The molecule has 94 valence electrons. The van der Waals surface area contributed by atoms with E-state index in [1.54, 1.807) is 12.1 Å². The molecule has 1 unspecified atom stereocenters. The van der Waals surface area contributed by atoms with E-state index in [9.17, 15) is 9.18 Å². The zero-order valence-electron chi connectivity index (χ0n) is 9.87. The molecule has 2 N–H and O–H groups in total. The molecule has 0 aliphatic rings. The molecule has 0 spiro atoms. The van der Waals surface area contributed by atoms with Gasteiger partial charge in [-0.05, 0) is 24.6 Å². The highest BCUT2D eigenvalue weighted by Crippen LogP contribution is 2.21. The highest BCUT2D eigenvalue weighted by molar-refractivity contribution is 5.66. The second-order valence-corrected chi connectivity index (χ2v) is 3.71. The summed E-state index contributed by atoms with van der Waals surface area (Å²) in [5.41, 5.74) is 0.758. The number of ether oxygens (including phenoxy) is 1. The van der Waals surface area contributed by atoms with Crippen LogP contribution >= 0.6 is 0 Å². The van der Waals surface area contributed by atoms with Gasteiger partial charge in [-0.3, -0.25) is 4.79 Å². The molecule has 0 bridgehead atoms. The van der Waals surface area contributed by atoms with Gasteiger partial charge in [0, 0.05) is 12.6 Å². The molecule has 1 rings (SSSR count). The lowest BCUT2D eigenvalue weighted by Crippen LogP contribution is -2.22. The Balaban J connectivity index is 2.59. The monoisotopic (exact) mass is 241 g/mol. The summed E-state index contributed by atoms with van der Waals surface area (Å²) in [6.07, 6.45) is 0.0446. The maximum Gasteiger partial charge on any atom is 0.304 e. The van der Waals surface area contributed by atoms with Gasteiger partial charge in [0.1, 0.15) is 0 Å². The second kappa shape index (κ2) is 6.20. The number of hydrogen-bond donors (Lipinski definition) is 2. The molecule has 0 saturated carbocycles. The Morgan fingerprint density at radius 1 is 1.59 bits per heavy atom. The number of hydrogen-bond acceptors (Lipinski definition) is 3. The van der Waals surface area contributed by atoms with Crippen LogP contribution in [0.2, 0.25) is 0 Å². The lowest BCUT2D eigenvalue weighted by atomic mass is 10.1. The van der Waals surface area contributed by atoms with Crippen molar-refractivity contribution in [2.45, 2.75) is 19.4 Å². The van der Waals surface area contributed by atoms with E-state index in [1.165, 1.54) is 13.2 Å². The molecule has 0 heterocycles. The number of rotatable bonds is 6. The molecule has 0 aliphatic heterocycles. The second-order valence-electron chi connectivity index (χ2n) is 3.71. The molecule has 0 radical (unpaired) electrons. The first-order chi connectivity index (χ1) is 8.04. The minimum atomic E-state index is -0.856. The van der Waals surface area contributed by atoms with Crippen LogP contribution < -0.4 is 10.1 Å². The Bertz CT molecular complexity index is 395. The van der Waals surface area contributed by atoms with Crippen molar-refractivity contribution in [2.75, 3.05) is 13.7 Å². The van der Waals surface area contributed by atoms with Crippen LogP contribution in [0.3, 0.4) is 0 Å². The van der Waals surface area contributed by atoms with Gasteiger partial charge in [0.25, 0.3) is 0 Å². The van der Waals surface area contributed by atoms with Crippen LogP contribution in [0.15, 0.2) is 18.2 Å². The maximum atomic E-state index is 13.4.